The summed E-state index contributed by atoms with van der Waals surface area (Å²) in [6.45, 7) is 0. The van der Waals surface area contributed by atoms with Crippen LogP contribution in [-0.2, 0) is 0 Å². The summed E-state index contributed by atoms with van der Waals surface area (Å²) in [4.78, 5) is 9.64. The largest absolute Gasteiger partial charge is 0.569 e. The molecule has 2 heterocycles. The molecule has 0 unspecified atom stereocenters. The number of aromatic nitrogens is 4. The standard InChI is InChI=1S/C19H14BN2O2.C19H13BrN2/c23-20-24-16-11-12-18-17(13-16)21-19(14-7-3-1-4-8-14)22(18)15-9-5-2-6-10-15;20-15-11-12-18-17(13-15)21-19(14-7-3-1-4-8-14)22(18)16-9-5-2-6-10-16/h1-13,23H;1-13H. The van der Waals surface area contributed by atoms with Crippen molar-refractivity contribution < 1.29 is 9.68 Å². The maximum absolute atomic E-state index is 8.83. The highest BCUT2D eigenvalue weighted by Crippen LogP contribution is 2.31. The van der Waals surface area contributed by atoms with Gasteiger partial charge in [0.1, 0.15) is 17.4 Å². The third-order valence-corrected chi connectivity index (χ3v) is 8.02. The van der Waals surface area contributed by atoms with Gasteiger partial charge in [-0.2, -0.15) is 0 Å². The minimum atomic E-state index is 0.544. The molecule has 6 aromatic carbocycles. The zero-order valence-corrected chi connectivity index (χ0v) is 26.2. The molecule has 1 radical (unpaired) electrons. The first kappa shape index (κ1) is 29.3. The van der Waals surface area contributed by atoms with Gasteiger partial charge in [0.25, 0.3) is 0 Å². The molecule has 0 fully saturated rings. The molecule has 0 spiro atoms. The third-order valence-electron chi connectivity index (χ3n) is 7.52. The Kier molecular flexibility index (Phi) is 8.45. The quantitative estimate of drug-likeness (QED) is 0.181. The van der Waals surface area contributed by atoms with E-state index >= 15 is 0 Å². The average molecular weight is 662 g/mol. The Morgan fingerprint density at radius 1 is 0.522 bits per heavy atom. The second-order valence-corrected chi connectivity index (χ2v) is 11.4. The normalized spacial score (nSPS) is 10.8. The Morgan fingerprint density at radius 2 is 0.957 bits per heavy atom. The van der Waals surface area contributed by atoms with Crippen LogP contribution < -0.4 is 4.65 Å². The third kappa shape index (κ3) is 5.96. The summed E-state index contributed by atoms with van der Waals surface area (Å²) >= 11 is 3.53. The molecule has 8 aromatic rings. The van der Waals surface area contributed by atoms with Crippen LogP contribution in [0, 0.1) is 0 Å². The average Bonchev–Trinajstić information content (AvgIpc) is 3.69. The smallest absolute Gasteiger partial charge is 0.537 e. The Balaban J connectivity index is 0.000000147. The molecule has 1 N–H and O–H groups in total. The van der Waals surface area contributed by atoms with Gasteiger partial charge in [-0.1, -0.05) is 113 Å². The van der Waals surface area contributed by atoms with Crippen molar-refractivity contribution >= 4 is 45.7 Å². The summed E-state index contributed by atoms with van der Waals surface area (Å²) < 4.78 is 10.4. The number of para-hydroxylation sites is 2. The molecule has 2 aromatic heterocycles. The van der Waals surface area contributed by atoms with Gasteiger partial charge in [0.2, 0.25) is 0 Å². The molecular weight excluding hydrogens is 635 g/mol. The van der Waals surface area contributed by atoms with Crippen molar-refractivity contribution in [3.05, 3.63) is 162 Å². The van der Waals surface area contributed by atoms with Gasteiger partial charge in [-0.05, 0) is 54.6 Å². The molecule has 46 heavy (non-hydrogen) atoms. The molecule has 6 nitrogen and oxygen atoms in total. The van der Waals surface area contributed by atoms with E-state index in [1.165, 1.54) is 0 Å². The fourth-order valence-electron chi connectivity index (χ4n) is 5.49. The summed E-state index contributed by atoms with van der Waals surface area (Å²) in [5.74, 6) is 2.36. The van der Waals surface area contributed by atoms with Gasteiger partial charge in [0.05, 0.1) is 22.1 Å². The van der Waals surface area contributed by atoms with Crippen molar-refractivity contribution in [3.8, 4) is 39.9 Å². The Labute approximate surface area is 275 Å². The number of hydrogen-bond acceptors (Lipinski definition) is 4. The Bertz CT molecular complexity index is 2220. The van der Waals surface area contributed by atoms with Crippen molar-refractivity contribution in [2.24, 2.45) is 0 Å². The predicted octanol–water partition coefficient (Wildman–Crippen LogP) is 9.05. The molecular formula is C38H27BBrN4O2. The van der Waals surface area contributed by atoms with Crippen molar-refractivity contribution in [1.29, 1.82) is 0 Å². The predicted molar refractivity (Wildman–Crippen MR) is 189 cm³/mol. The van der Waals surface area contributed by atoms with Crippen molar-refractivity contribution in [2.45, 2.75) is 0 Å². The maximum Gasteiger partial charge on any atom is 0.569 e. The summed E-state index contributed by atoms with van der Waals surface area (Å²) in [6, 6.07) is 52.6. The summed E-state index contributed by atoms with van der Waals surface area (Å²) in [5, 5.41) is 8.83. The first-order chi connectivity index (χ1) is 22.7. The second-order valence-electron chi connectivity index (χ2n) is 10.5. The summed E-state index contributed by atoms with van der Waals surface area (Å²) in [7, 11) is 0.674. The molecule has 0 amide bonds. The number of fused-ring (bicyclic) bond motifs is 2. The maximum atomic E-state index is 8.83. The van der Waals surface area contributed by atoms with Crippen molar-refractivity contribution in [2.75, 3.05) is 0 Å². The minimum absolute atomic E-state index is 0.544. The Morgan fingerprint density at radius 3 is 1.43 bits per heavy atom. The van der Waals surface area contributed by atoms with Crippen LogP contribution >= 0.6 is 15.9 Å². The van der Waals surface area contributed by atoms with Crippen LogP contribution in [0.2, 0.25) is 0 Å². The van der Waals surface area contributed by atoms with Crippen LogP contribution in [0.3, 0.4) is 0 Å². The highest BCUT2D eigenvalue weighted by molar-refractivity contribution is 9.10. The van der Waals surface area contributed by atoms with E-state index in [4.69, 9.17) is 19.6 Å². The summed E-state index contributed by atoms with van der Waals surface area (Å²) in [5.41, 5.74) is 8.17. The monoisotopic (exact) mass is 661 g/mol. The van der Waals surface area contributed by atoms with Gasteiger partial charge in [-0.25, -0.2) is 9.97 Å². The number of rotatable bonds is 6. The van der Waals surface area contributed by atoms with Crippen molar-refractivity contribution in [1.82, 2.24) is 19.1 Å². The number of benzene rings is 6. The molecule has 0 bridgehead atoms. The van der Waals surface area contributed by atoms with E-state index < -0.39 is 0 Å². The van der Waals surface area contributed by atoms with E-state index in [1.54, 1.807) is 0 Å². The molecule has 0 atom stereocenters. The van der Waals surface area contributed by atoms with Crippen LogP contribution in [-0.4, -0.2) is 31.8 Å². The molecule has 221 valence electrons. The Hall–Kier alpha value is -5.44. The van der Waals surface area contributed by atoms with E-state index in [0.717, 1.165) is 60.7 Å². The number of hydrogen-bond donors (Lipinski definition) is 1. The van der Waals surface area contributed by atoms with Gasteiger partial charge < -0.3 is 9.68 Å². The first-order valence-electron chi connectivity index (χ1n) is 14.7. The van der Waals surface area contributed by atoms with E-state index in [2.05, 4.69) is 91.8 Å². The molecule has 0 saturated heterocycles. The topological polar surface area (TPSA) is 65.1 Å². The molecule has 0 aliphatic carbocycles. The van der Waals surface area contributed by atoms with E-state index in [1.807, 2.05) is 91.0 Å². The van der Waals surface area contributed by atoms with Crippen LogP contribution in [0.25, 0.3) is 56.2 Å². The van der Waals surface area contributed by atoms with Gasteiger partial charge >= 0.3 is 7.69 Å². The highest BCUT2D eigenvalue weighted by Gasteiger charge is 2.16. The van der Waals surface area contributed by atoms with Gasteiger partial charge in [0.15, 0.2) is 0 Å². The van der Waals surface area contributed by atoms with Crippen LogP contribution in [0.4, 0.5) is 0 Å². The summed E-state index contributed by atoms with van der Waals surface area (Å²) in [6.07, 6.45) is 0. The van der Waals surface area contributed by atoms with Crippen LogP contribution in [0.1, 0.15) is 0 Å². The van der Waals surface area contributed by atoms with Gasteiger partial charge in [-0.15, -0.1) is 0 Å². The zero-order chi connectivity index (χ0) is 31.3. The lowest BCUT2D eigenvalue weighted by Crippen LogP contribution is -1.99. The zero-order valence-electron chi connectivity index (χ0n) is 24.6. The van der Waals surface area contributed by atoms with E-state index in [9.17, 15) is 0 Å². The van der Waals surface area contributed by atoms with E-state index in [0.29, 0.717) is 13.4 Å². The highest BCUT2D eigenvalue weighted by atomic mass is 79.9. The lowest BCUT2D eigenvalue weighted by Gasteiger charge is -2.09. The van der Waals surface area contributed by atoms with Crippen LogP contribution in [0.15, 0.2) is 162 Å². The SMILES string of the molecule is Brc1ccc2c(c1)nc(-c1ccccc1)n2-c1ccccc1.O[B]Oc1ccc2c(c1)nc(-c1ccccc1)n2-c1ccccc1. The number of imidazole rings is 2. The van der Waals surface area contributed by atoms with E-state index in [-0.39, 0.29) is 0 Å². The number of nitrogens with zero attached hydrogens (tertiary/aromatic N) is 4. The first-order valence-corrected chi connectivity index (χ1v) is 15.5. The molecule has 8 rings (SSSR count). The number of halogens is 1. The van der Waals surface area contributed by atoms with Crippen LogP contribution in [0.5, 0.6) is 5.75 Å². The fourth-order valence-corrected chi connectivity index (χ4v) is 5.84. The lowest BCUT2D eigenvalue weighted by molar-refractivity contribution is 0.454. The second kappa shape index (κ2) is 13.3. The molecule has 0 saturated carbocycles. The minimum Gasteiger partial charge on any atom is -0.537 e. The molecule has 0 aliphatic rings. The van der Waals surface area contributed by atoms with Crippen molar-refractivity contribution in [3.63, 3.8) is 0 Å². The molecule has 0 aliphatic heterocycles. The lowest BCUT2D eigenvalue weighted by atomic mass is 10.2. The molecule has 8 heteroatoms. The van der Waals surface area contributed by atoms with Gasteiger partial charge in [-0.3, -0.25) is 9.13 Å². The fraction of sp³-hybridized carbons (Fsp3) is 0. The van der Waals surface area contributed by atoms with Gasteiger partial charge in [0, 0.05) is 33.0 Å².